The van der Waals surface area contributed by atoms with E-state index in [1.807, 2.05) is 0 Å². The van der Waals surface area contributed by atoms with Crippen LogP contribution in [0.3, 0.4) is 0 Å². The van der Waals surface area contributed by atoms with E-state index in [4.69, 9.17) is 18.9 Å². The third kappa shape index (κ3) is 10.0. The molecule has 0 aromatic heterocycles. The number of allylic oxidation sites excluding steroid dienone is 1. The molecule has 2 amide bonds. The van der Waals surface area contributed by atoms with Gasteiger partial charge in [-0.15, -0.1) is 0 Å². The van der Waals surface area contributed by atoms with Crippen LogP contribution in [0, 0.1) is 36.3 Å². The number of nitrogens with zero attached hydrogens (tertiary/aromatic N) is 4. The molecule has 3 aromatic carbocycles. The van der Waals surface area contributed by atoms with Gasteiger partial charge in [-0.25, -0.2) is 14.4 Å². The number of ether oxygens (including phenoxy) is 4. The van der Waals surface area contributed by atoms with Gasteiger partial charge in [0.2, 0.25) is 5.91 Å². The van der Waals surface area contributed by atoms with Crippen LogP contribution in [-0.2, 0) is 48.4 Å². The van der Waals surface area contributed by atoms with Gasteiger partial charge in [0.25, 0.3) is 17.1 Å². The molecule has 56 heavy (non-hydrogen) atoms. The Bertz CT molecular complexity index is 2090. The standard InChI is InChI=1S/C36H33N5O14S/c1-21(15-16-37-35(44)53-19-24-5-11-27(12-6-24)40(48)49)56-30-17-29-31(22(2)55-36(45)54-20-25-7-13-28(14-8-25)41(50)51)33(42)38(29)32(30)34(43)52-18-23-3-9-26(10-4-23)39(46)47/h3-15,22,29,31H,16-20H2,1-2H3,(H,37,44)/b21-15+. The number of alkyl carbamates (subject to hydrolysis) is 1. The van der Waals surface area contributed by atoms with Crippen LogP contribution in [0.5, 0.6) is 0 Å². The van der Waals surface area contributed by atoms with Crippen LogP contribution in [-0.4, -0.2) is 62.5 Å². The number of nitro groups is 3. The van der Waals surface area contributed by atoms with Crippen molar-refractivity contribution in [3.63, 3.8) is 0 Å². The molecule has 20 heteroatoms. The monoisotopic (exact) mass is 791 g/mol. The minimum atomic E-state index is -1.07. The summed E-state index contributed by atoms with van der Waals surface area (Å²) in [7, 11) is 0. The van der Waals surface area contributed by atoms with Gasteiger partial charge in [-0.1, -0.05) is 17.8 Å². The molecule has 0 radical (unpaired) electrons. The van der Waals surface area contributed by atoms with Crippen LogP contribution in [0.25, 0.3) is 0 Å². The number of rotatable bonds is 16. The van der Waals surface area contributed by atoms with Crippen molar-refractivity contribution >= 4 is 52.9 Å². The van der Waals surface area contributed by atoms with E-state index in [1.54, 1.807) is 13.0 Å². The van der Waals surface area contributed by atoms with Gasteiger partial charge in [-0.2, -0.15) is 0 Å². The van der Waals surface area contributed by atoms with Gasteiger partial charge in [0, 0.05) is 54.3 Å². The molecule has 0 bridgehead atoms. The first kappa shape index (κ1) is 40.4. The summed E-state index contributed by atoms with van der Waals surface area (Å²) in [5, 5.41) is 35.3. The number of esters is 1. The fraction of sp³-hybridized carbons (Fsp3) is 0.278. The third-order valence-corrected chi connectivity index (χ3v) is 9.70. The zero-order chi connectivity index (χ0) is 40.5. The Morgan fingerprint density at radius 1 is 0.804 bits per heavy atom. The fourth-order valence-electron chi connectivity index (χ4n) is 5.77. The maximum atomic E-state index is 13.5. The van der Waals surface area contributed by atoms with E-state index in [1.165, 1.54) is 96.4 Å². The minimum absolute atomic E-state index is 0.0145. The maximum Gasteiger partial charge on any atom is 0.508 e. The van der Waals surface area contributed by atoms with Crippen LogP contribution in [0.15, 0.2) is 94.4 Å². The summed E-state index contributed by atoms with van der Waals surface area (Å²) in [6.45, 7) is 2.68. The number of β-lactam (4-membered cyclic amide) rings is 1. The highest BCUT2D eigenvalue weighted by Crippen LogP contribution is 2.49. The SMILES string of the molecule is C/C(=C\CNC(=O)OCc1ccc([N+](=O)[O-])cc1)SC1=C(C(=O)OCc2ccc([N+](=O)[O-])cc2)N2C(=O)C(C(C)OC(=O)OCc3ccc([N+](=O)[O-])cc3)C2C1. The largest absolute Gasteiger partial charge is 0.508 e. The molecule has 3 atom stereocenters. The molecule has 1 N–H and O–H groups in total. The van der Waals surface area contributed by atoms with Crippen LogP contribution in [0.4, 0.5) is 26.7 Å². The number of carbonyl (C=O) groups is 4. The average Bonchev–Trinajstić information content (AvgIpc) is 3.49. The van der Waals surface area contributed by atoms with Crippen LogP contribution < -0.4 is 5.32 Å². The molecule has 2 aliphatic rings. The van der Waals surface area contributed by atoms with Crippen molar-refractivity contribution in [2.75, 3.05) is 6.54 Å². The first-order valence-electron chi connectivity index (χ1n) is 16.7. The fourth-order valence-corrected chi connectivity index (χ4v) is 6.86. The summed E-state index contributed by atoms with van der Waals surface area (Å²) >= 11 is 1.17. The van der Waals surface area contributed by atoms with Crippen molar-refractivity contribution in [3.8, 4) is 0 Å². The average molecular weight is 792 g/mol. The Balaban J connectivity index is 1.21. The zero-order valence-electron chi connectivity index (χ0n) is 29.7. The van der Waals surface area contributed by atoms with Gasteiger partial charge < -0.3 is 29.2 Å². The van der Waals surface area contributed by atoms with E-state index in [-0.39, 0.29) is 55.5 Å². The van der Waals surface area contributed by atoms with Crippen molar-refractivity contribution in [3.05, 3.63) is 141 Å². The van der Waals surface area contributed by atoms with Crippen LogP contribution in [0.1, 0.15) is 37.0 Å². The molecule has 5 rings (SSSR count). The van der Waals surface area contributed by atoms with E-state index >= 15 is 0 Å². The molecule has 292 valence electrons. The second kappa shape index (κ2) is 18.0. The van der Waals surface area contributed by atoms with Crippen molar-refractivity contribution in [2.24, 2.45) is 5.92 Å². The van der Waals surface area contributed by atoms with Crippen LogP contribution in [0.2, 0.25) is 0 Å². The molecule has 19 nitrogen and oxygen atoms in total. The first-order chi connectivity index (χ1) is 26.7. The van der Waals surface area contributed by atoms with E-state index in [0.29, 0.717) is 26.5 Å². The number of nitro benzene ring substituents is 3. The maximum absolute atomic E-state index is 13.5. The van der Waals surface area contributed by atoms with Gasteiger partial charge in [0.1, 0.15) is 31.6 Å². The number of nitrogens with one attached hydrogen (secondary N) is 1. The Labute approximate surface area is 321 Å². The number of carbonyl (C=O) groups excluding carboxylic acids is 4. The number of fused-ring (bicyclic) bond motifs is 1. The predicted octanol–water partition coefficient (Wildman–Crippen LogP) is 6.20. The Morgan fingerprint density at radius 3 is 1.75 bits per heavy atom. The van der Waals surface area contributed by atoms with E-state index in [2.05, 4.69) is 5.32 Å². The lowest BCUT2D eigenvalue weighted by molar-refractivity contribution is -0.385. The van der Waals surface area contributed by atoms with Gasteiger partial charge in [-0.3, -0.25) is 35.1 Å². The topological polar surface area (TPSA) is 250 Å². The number of hydrogen-bond donors (Lipinski definition) is 1. The quantitative estimate of drug-likeness (QED) is 0.0557. The summed E-state index contributed by atoms with van der Waals surface area (Å²) in [4.78, 5) is 85.3. The van der Waals surface area contributed by atoms with Gasteiger partial charge in [-0.05, 0) is 71.8 Å². The van der Waals surface area contributed by atoms with Crippen LogP contribution >= 0.6 is 11.8 Å². The first-order valence-corrected chi connectivity index (χ1v) is 17.6. The zero-order valence-corrected chi connectivity index (χ0v) is 30.5. The second-order valence-electron chi connectivity index (χ2n) is 12.4. The summed E-state index contributed by atoms with van der Waals surface area (Å²) in [5.74, 6) is -2.16. The van der Waals surface area contributed by atoms with Gasteiger partial charge >= 0.3 is 18.2 Å². The Hall–Kier alpha value is -6.83. The highest BCUT2D eigenvalue weighted by Gasteiger charge is 2.58. The normalized spacial score (nSPS) is 16.6. The molecule has 0 saturated carbocycles. The molecule has 0 aliphatic carbocycles. The third-order valence-electron chi connectivity index (χ3n) is 8.61. The Kier molecular flexibility index (Phi) is 13.0. The molecule has 1 fully saturated rings. The molecular formula is C36H33N5O14S. The van der Waals surface area contributed by atoms with Crippen molar-refractivity contribution in [1.29, 1.82) is 0 Å². The number of benzene rings is 3. The van der Waals surface area contributed by atoms with Gasteiger partial charge in [0.05, 0.1) is 26.7 Å². The molecule has 3 unspecified atom stereocenters. The lowest BCUT2D eigenvalue weighted by atomic mass is 9.83. The highest BCUT2D eigenvalue weighted by atomic mass is 32.2. The smallest absolute Gasteiger partial charge is 0.456 e. The number of hydrogen-bond acceptors (Lipinski definition) is 15. The summed E-state index contributed by atoms with van der Waals surface area (Å²) in [5.41, 5.74) is 1.11. The van der Waals surface area contributed by atoms with Crippen molar-refractivity contribution in [2.45, 2.75) is 52.2 Å². The summed E-state index contributed by atoms with van der Waals surface area (Å²) in [6.07, 6.45) is -0.919. The molecule has 3 aromatic rings. The number of amides is 2. The molecule has 2 heterocycles. The lowest BCUT2D eigenvalue weighted by Gasteiger charge is -2.45. The second-order valence-corrected chi connectivity index (χ2v) is 13.7. The predicted molar refractivity (Wildman–Crippen MR) is 195 cm³/mol. The molecule has 0 spiro atoms. The minimum Gasteiger partial charge on any atom is -0.456 e. The molecular weight excluding hydrogens is 758 g/mol. The highest BCUT2D eigenvalue weighted by molar-refractivity contribution is 8.06. The summed E-state index contributed by atoms with van der Waals surface area (Å²) < 4.78 is 21.2. The van der Waals surface area contributed by atoms with Gasteiger partial charge in [0.15, 0.2) is 0 Å². The molecule has 1 saturated heterocycles. The van der Waals surface area contributed by atoms with E-state index < -0.39 is 57.0 Å². The lowest BCUT2D eigenvalue weighted by Crippen LogP contribution is -2.62. The van der Waals surface area contributed by atoms with E-state index in [9.17, 15) is 49.5 Å². The number of non-ortho nitro benzene ring substituents is 3. The summed E-state index contributed by atoms with van der Waals surface area (Å²) in [6, 6.07) is 15.7. The van der Waals surface area contributed by atoms with Crippen molar-refractivity contribution in [1.82, 2.24) is 10.2 Å². The molecule has 2 aliphatic heterocycles. The Morgan fingerprint density at radius 2 is 1.27 bits per heavy atom. The van der Waals surface area contributed by atoms with E-state index in [0.717, 1.165) is 0 Å². The van der Waals surface area contributed by atoms with Crippen molar-refractivity contribution < 1.29 is 52.9 Å². The number of thioether (sulfide) groups is 1.